The van der Waals surface area contributed by atoms with Crippen LogP contribution < -0.4 is 0 Å². The van der Waals surface area contributed by atoms with Gasteiger partial charge in [0.15, 0.2) is 0 Å². The zero-order valence-corrected chi connectivity index (χ0v) is 9.43. The Bertz CT molecular complexity index is 445. The van der Waals surface area contributed by atoms with E-state index in [-0.39, 0.29) is 0 Å². The van der Waals surface area contributed by atoms with Crippen LogP contribution in [0.5, 0.6) is 0 Å². The van der Waals surface area contributed by atoms with Crippen molar-refractivity contribution in [2.75, 3.05) is 0 Å². The third-order valence-corrected chi connectivity index (χ3v) is 3.82. The molecule has 0 bridgehead atoms. The molecule has 1 heterocycles. The molecule has 0 nitrogen and oxygen atoms in total. The Kier molecular flexibility index (Phi) is 2.50. The molecule has 0 fully saturated rings. The van der Waals surface area contributed by atoms with Crippen LogP contribution in [0.3, 0.4) is 0 Å². The molecule has 13 heavy (non-hydrogen) atoms. The maximum atomic E-state index is 6.08. The summed E-state index contributed by atoms with van der Waals surface area (Å²) in [5.41, 5.74) is 1.19. The molecule has 0 aliphatic rings. The van der Waals surface area contributed by atoms with Gasteiger partial charge in [-0.2, -0.15) is 0 Å². The van der Waals surface area contributed by atoms with E-state index >= 15 is 0 Å². The molecule has 0 spiro atoms. The van der Waals surface area contributed by atoms with E-state index in [2.05, 4.69) is 13.0 Å². The number of rotatable bonds is 1. The Hall–Kier alpha value is -0.240. The van der Waals surface area contributed by atoms with Crippen LogP contribution in [0, 0.1) is 0 Å². The lowest BCUT2D eigenvalue weighted by molar-refractivity contribution is 1.15. The highest BCUT2D eigenvalue weighted by molar-refractivity contribution is 7.17. The lowest BCUT2D eigenvalue weighted by atomic mass is 10.1. The van der Waals surface area contributed by atoms with Gasteiger partial charge in [0.05, 0.1) is 5.02 Å². The molecular formula is C10H8Cl2S. The standard InChI is InChI=1S/C10H8Cl2S/c1-2-6-3-10-7(4-8(6)11)9(12)5-13-10/h3-5H,2H2,1H3. The van der Waals surface area contributed by atoms with Crippen LogP contribution in [0.15, 0.2) is 17.5 Å². The van der Waals surface area contributed by atoms with Crippen LogP contribution in [0.2, 0.25) is 10.0 Å². The summed E-state index contributed by atoms with van der Waals surface area (Å²) in [4.78, 5) is 0. The van der Waals surface area contributed by atoms with Crippen molar-refractivity contribution in [3.63, 3.8) is 0 Å². The van der Waals surface area contributed by atoms with E-state index in [1.54, 1.807) is 11.3 Å². The monoisotopic (exact) mass is 230 g/mol. The molecule has 3 heteroatoms. The van der Waals surface area contributed by atoms with E-state index in [1.165, 1.54) is 10.3 Å². The molecule has 2 rings (SSSR count). The molecule has 0 saturated carbocycles. The Labute approximate surface area is 91.1 Å². The highest BCUT2D eigenvalue weighted by atomic mass is 35.5. The molecule has 2 aromatic rings. The molecule has 1 aromatic heterocycles. The van der Waals surface area contributed by atoms with Crippen molar-refractivity contribution >= 4 is 44.6 Å². The van der Waals surface area contributed by atoms with Crippen molar-refractivity contribution in [3.05, 3.63) is 33.1 Å². The first-order valence-electron chi connectivity index (χ1n) is 4.07. The predicted molar refractivity (Wildman–Crippen MR) is 61.2 cm³/mol. The van der Waals surface area contributed by atoms with E-state index in [1.807, 2.05) is 11.4 Å². The zero-order valence-electron chi connectivity index (χ0n) is 7.10. The SMILES string of the molecule is CCc1cc2scc(Cl)c2cc1Cl. The van der Waals surface area contributed by atoms with Gasteiger partial charge < -0.3 is 0 Å². The van der Waals surface area contributed by atoms with E-state index in [0.29, 0.717) is 0 Å². The summed E-state index contributed by atoms with van der Waals surface area (Å²) in [7, 11) is 0. The first kappa shape index (κ1) is 9.32. The maximum absolute atomic E-state index is 6.08. The summed E-state index contributed by atoms with van der Waals surface area (Å²) in [6.45, 7) is 2.10. The van der Waals surface area contributed by atoms with Gasteiger partial charge in [-0.1, -0.05) is 30.1 Å². The second kappa shape index (κ2) is 3.49. The quantitative estimate of drug-likeness (QED) is 0.663. The Balaban J connectivity index is 2.76. The molecule has 0 atom stereocenters. The van der Waals surface area contributed by atoms with Crippen LogP contribution in [0.4, 0.5) is 0 Å². The van der Waals surface area contributed by atoms with Gasteiger partial charge in [0, 0.05) is 20.5 Å². The molecule has 0 aliphatic heterocycles. The van der Waals surface area contributed by atoms with E-state index in [9.17, 15) is 0 Å². The Morgan fingerprint density at radius 1 is 1.23 bits per heavy atom. The van der Waals surface area contributed by atoms with Gasteiger partial charge in [0.2, 0.25) is 0 Å². The maximum Gasteiger partial charge on any atom is 0.0592 e. The number of fused-ring (bicyclic) bond motifs is 1. The fourth-order valence-corrected chi connectivity index (χ4v) is 2.84. The van der Waals surface area contributed by atoms with E-state index < -0.39 is 0 Å². The molecule has 0 unspecified atom stereocenters. The van der Waals surface area contributed by atoms with Crippen molar-refractivity contribution in [2.24, 2.45) is 0 Å². The summed E-state index contributed by atoms with van der Waals surface area (Å²) < 4.78 is 1.21. The molecule has 0 aliphatic carbocycles. The van der Waals surface area contributed by atoms with Crippen LogP contribution in [-0.4, -0.2) is 0 Å². The van der Waals surface area contributed by atoms with Gasteiger partial charge in [-0.3, -0.25) is 0 Å². The Morgan fingerprint density at radius 3 is 2.69 bits per heavy atom. The fraction of sp³-hybridized carbons (Fsp3) is 0.200. The molecule has 0 saturated heterocycles. The van der Waals surface area contributed by atoms with Crippen LogP contribution in [0.25, 0.3) is 10.1 Å². The molecule has 0 N–H and O–H groups in total. The number of aryl methyl sites for hydroxylation is 1. The topological polar surface area (TPSA) is 0 Å². The van der Waals surface area contributed by atoms with Crippen molar-refractivity contribution in [3.8, 4) is 0 Å². The van der Waals surface area contributed by atoms with Gasteiger partial charge in [-0.25, -0.2) is 0 Å². The van der Waals surface area contributed by atoms with E-state index in [4.69, 9.17) is 23.2 Å². The Morgan fingerprint density at radius 2 is 2.00 bits per heavy atom. The summed E-state index contributed by atoms with van der Waals surface area (Å²) >= 11 is 13.7. The molecule has 0 amide bonds. The predicted octanol–water partition coefficient (Wildman–Crippen LogP) is 4.77. The minimum absolute atomic E-state index is 0.796. The third-order valence-electron chi connectivity index (χ3n) is 2.08. The summed E-state index contributed by atoms with van der Waals surface area (Å²) in [6.07, 6.45) is 0.963. The third kappa shape index (κ3) is 1.56. The summed E-state index contributed by atoms with van der Waals surface area (Å²) in [5.74, 6) is 0. The average Bonchev–Trinajstić information content (AvgIpc) is 2.47. The first-order chi connectivity index (χ1) is 6.22. The van der Waals surface area contributed by atoms with Crippen LogP contribution in [-0.2, 0) is 6.42 Å². The normalized spacial score (nSPS) is 11.0. The fourth-order valence-electron chi connectivity index (χ4n) is 1.33. The first-order valence-corrected chi connectivity index (χ1v) is 5.71. The highest BCUT2D eigenvalue weighted by Crippen LogP contribution is 2.33. The summed E-state index contributed by atoms with van der Waals surface area (Å²) in [5, 5.41) is 4.62. The van der Waals surface area contributed by atoms with Crippen LogP contribution in [0.1, 0.15) is 12.5 Å². The number of thiophene rings is 1. The van der Waals surface area contributed by atoms with Crippen molar-refractivity contribution in [1.82, 2.24) is 0 Å². The lowest BCUT2D eigenvalue weighted by Crippen LogP contribution is -1.80. The van der Waals surface area contributed by atoms with Gasteiger partial charge in [-0.15, -0.1) is 11.3 Å². The lowest BCUT2D eigenvalue weighted by Gasteiger charge is -2.00. The molecule has 1 aromatic carbocycles. The molecule has 68 valence electrons. The minimum atomic E-state index is 0.796. The number of halogens is 2. The van der Waals surface area contributed by atoms with Crippen molar-refractivity contribution in [2.45, 2.75) is 13.3 Å². The smallest absolute Gasteiger partial charge is 0.0592 e. The van der Waals surface area contributed by atoms with Crippen LogP contribution >= 0.6 is 34.5 Å². The molecular weight excluding hydrogens is 223 g/mol. The molecule has 0 radical (unpaired) electrons. The largest absolute Gasteiger partial charge is 0.142 e. The van der Waals surface area contributed by atoms with Gasteiger partial charge in [0.25, 0.3) is 0 Å². The van der Waals surface area contributed by atoms with Gasteiger partial charge >= 0.3 is 0 Å². The van der Waals surface area contributed by atoms with E-state index in [0.717, 1.165) is 21.9 Å². The average molecular weight is 231 g/mol. The second-order valence-corrected chi connectivity index (χ2v) is 4.60. The minimum Gasteiger partial charge on any atom is -0.142 e. The number of hydrogen-bond donors (Lipinski definition) is 0. The van der Waals surface area contributed by atoms with Gasteiger partial charge in [0.1, 0.15) is 0 Å². The second-order valence-electron chi connectivity index (χ2n) is 2.88. The number of hydrogen-bond acceptors (Lipinski definition) is 1. The van der Waals surface area contributed by atoms with Gasteiger partial charge in [-0.05, 0) is 24.1 Å². The summed E-state index contributed by atoms with van der Waals surface area (Å²) in [6, 6.07) is 4.07. The number of benzene rings is 1. The highest BCUT2D eigenvalue weighted by Gasteiger charge is 2.05. The zero-order chi connectivity index (χ0) is 9.42. The van der Waals surface area contributed by atoms with Crippen molar-refractivity contribution < 1.29 is 0 Å². The van der Waals surface area contributed by atoms with Crippen molar-refractivity contribution in [1.29, 1.82) is 0 Å².